The van der Waals surface area contributed by atoms with Gasteiger partial charge in [0, 0.05) is 48.6 Å². The Morgan fingerprint density at radius 2 is 2.25 bits per heavy atom. The van der Waals surface area contributed by atoms with Gasteiger partial charge in [-0.2, -0.15) is 0 Å². The number of anilines is 1. The smallest absolute Gasteiger partial charge is 0.0721 e. The van der Waals surface area contributed by atoms with Crippen molar-refractivity contribution in [2.24, 2.45) is 0 Å². The highest BCUT2D eigenvalue weighted by Crippen LogP contribution is 2.29. The van der Waals surface area contributed by atoms with Crippen molar-refractivity contribution in [1.82, 2.24) is 5.32 Å². The zero-order valence-corrected chi connectivity index (χ0v) is 13.4. The van der Waals surface area contributed by atoms with Crippen molar-refractivity contribution in [2.45, 2.75) is 45.9 Å². The average Bonchev–Trinajstić information content (AvgIpc) is 2.61. The van der Waals surface area contributed by atoms with Crippen LogP contribution in [0.5, 0.6) is 0 Å². The van der Waals surface area contributed by atoms with E-state index >= 15 is 0 Å². The molecule has 1 N–H and O–H groups in total. The summed E-state index contributed by atoms with van der Waals surface area (Å²) < 4.78 is 5.73. The van der Waals surface area contributed by atoms with Crippen LogP contribution in [0.25, 0.3) is 0 Å². The first-order valence-electron chi connectivity index (χ1n) is 7.45. The molecule has 2 rings (SSSR count). The lowest BCUT2D eigenvalue weighted by atomic mass is 10.1. The van der Waals surface area contributed by atoms with E-state index in [0.717, 1.165) is 37.7 Å². The Balaban J connectivity index is 2.22. The second kappa shape index (κ2) is 7.30. The van der Waals surface area contributed by atoms with Gasteiger partial charge in [0.25, 0.3) is 0 Å². The summed E-state index contributed by atoms with van der Waals surface area (Å²) in [7, 11) is 0. The number of halogens is 1. The molecule has 1 unspecified atom stereocenters. The third-order valence-electron chi connectivity index (χ3n) is 3.57. The molecule has 1 heterocycles. The summed E-state index contributed by atoms with van der Waals surface area (Å²) in [4.78, 5) is 2.40. The molecule has 0 spiro atoms. The number of nitrogens with zero attached hydrogens (tertiary/aromatic N) is 1. The van der Waals surface area contributed by atoms with Crippen LogP contribution < -0.4 is 10.2 Å². The van der Waals surface area contributed by atoms with E-state index in [-0.39, 0.29) is 6.10 Å². The normalized spacial score (nSPS) is 20.2. The minimum absolute atomic E-state index is 0.266. The summed E-state index contributed by atoms with van der Waals surface area (Å²) in [5, 5.41) is 4.31. The first-order valence-corrected chi connectivity index (χ1v) is 7.83. The van der Waals surface area contributed by atoms with Crippen molar-refractivity contribution in [3.8, 4) is 0 Å². The van der Waals surface area contributed by atoms with Crippen LogP contribution in [0.2, 0.25) is 5.02 Å². The highest BCUT2D eigenvalue weighted by Gasteiger charge is 2.19. The average molecular weight is 297 g/mol. The molecule has 0 aliphatic carbocycles. The fourth-order valence-corrected chi connectivity index (χ4v) is 2.77. The lowest BCUT2D eigenvalue weighted by molar-refractivity contribution is 0.0821. The second-order valence-electron chi connectivity index (χ2n) is 5.75. The van der Waals surface area contributed by atoms with Crippen LogP contribution >= 0.6 is 11.6 Å². The van der Waals surface area contributed by atoms with Crippen LogP contribution in [0, 0.1) is 0 Å². The molecule has 0 amide bonds. The predicted molar refractivity (Wildman–Crippen MR) is 85.7 cm³/mol. The quantitative estimate of drug-likeness (QED) is 0.921. The molecule has 0 bridgehead atoms. The maximum Gasteiger partial charge on any atom is 0.0721 e. The first kappa shape index (κ1) is 15.6. The highest BCUT2D eigenvalue weighted by atomic mass is 35.5. The minimum atomic E-state index is 0.266. The molecule has 0 saturated carbocycles. The van der Waals surface area contributed by atoms with Gasteiger partial charge in [0.05, 0.1) is 6.10 Å². The topological polar surface area (TPSA) is 24.5 Å². The Labute approximate surface area is 127 Å². The molecule has 0 aromatic heterocycles. The Morgan fingerprint density at radius 1 is 1.45 bits per heavy atom. The van der Waals surface area contributed by atoms with Crippen molar-refractivity contribution in [3.05, 3.63) is 28.8 Å². The van der Waals surface area contributed by atoms with Gasteiger partial charge in [-0.05, 0) is 25.5 Å². The molecule has 20 heavy (non-hydrogen) atoms. The molecule has 1 fully saturated rings. The van der Waals surface area contributed by atoms with Gasteiger partial charge in [0.1, 0.15) is 0 Å². The molecule has 0 radical (unpaired) electrons. The Morgan fingerprint density at radius 3 is 3.00 bits per heavy atom. The fourth-order valence-electron chi connectivity index (χ4n) is 2.54. The van der Waals surface area contributed by atoms with Crippen molar-refractivity contribution >= 4 is 17.3 Å². The summed E-state index contributed by atoms with van der Waals surface area (Å²) in [6.07, 6.45) is 1.33. The predicted octanol–water partition coefficient (Wildman–Crippen LogP) is 3.45. The van der Waals surface area contributed by atoms with Crippen LogP contribution in [0.1, 0.15) is 32.8 Å². The van der Waals surface area contributed by atoms with E-state index in [4.69, 9.17) is 16.3 Å². The Kier molecular flexibility index (Phi) is 5.70. The summed E-state index contributed by atoms with van der Waals surface area (Å²) in [5.41, 5.74) is 2.43. The largest absolute Gasteiger partial charge is 0.377 e. The molecule has 1 aliphatic heterocycles. The molecule has 4 heteroatoms. The van der Waals surface area contributed by atoms with Crippen LogP contribution in [0.15, 0.2) is 18.2 Å². The molecular weight excluding hydrogens is 272 g/mol. The SMILES string of the molecule is CC(C)NCc1c(Cl)cccc1N1CCCOC(C)C1. The van der Waals surface area contributed by atoms with Crippen molar-refractivity contribution < 1.29 is 4.74 Å². The van der Waals surface area contributed by atoms with Gasteiger partial charge in [-0.25, -0.2) is 0 Å². The highest BCUT2D eigenvalue weighted by molar-refractivity contribution is 6.31. The summed E-state index contributed by atoms with van der Waals surface area (Å²) >= 11 is 6.41. The number of nitrogens with one attached hydrogen (secondary N) is 1. The van der Waals surface area contributed by atoms with Crippen LogP contribution in [0.3, 0.4) is 0 Å². The van der Waals surface area contributed by atoms with Crippen molar-refractivity contribution in [1.29, 1.82) is 0 Å². The fraction of sp³-hybridized carbons (Fsp3) is 0.625. The maximum absolute atomic E-state index is 6.41. The second-order valence-corrected chi connectivity index (χ2v) is 6.16. The van der Waals surface area contributed by atoms with Gasteiger partial charge in [-0.1, -0.05) is 31.5 Å². The standard InChI is InChI=1S/C16H25ClN2O/c1-12(2)18-10-14-15(17)6-4-7-16(14)19-8-5-9-20-13(3)11-19/h4,6-7,12-13,18H,5,8-11H2,1-3H3. The van der Waals surface area contributed by atoms with Gasteiger partial charge >= 0.3 is 0 Å². The lowest BCUT2D eigenvalue weighted by Crippen LogP contribution is -2.32. The van der Waals surface area contributed by atoms with Gasteiger partial charge in [-0.15, -0.1) is 0 Å². The third kappa shape index (κ3) is 4.11. The molecule has 1 atom stereocenters. The van der Waals surface area contributed by atoms with E-state index in [1.807, 2.05) is 12.1 Å². The molecule has 1 aliphatic rings. The first-order chi connectivity index (χ1) is 9.58. The Hall–Kier alpha value is -0.770. The molecular formula is C16H25ClN2O. The van der Waals surface area contributed by atoms with Crippen LogP contribution in [-0.2, 0) is 11.3 Å². The molecule has 1 aromatic rings. The van der Waals surface area contributed by atoms with Gasteiger partial charge in [0.15, 0.2) is 0 Å². The van der Waals surface area contributed by atoms with Gasteiger partial charge in [-0.3, -0.25) is 0 Å². The zero-order chi connectivity index (χ0) is 14.5. The van der Waals surface area contributed by atoms with Crippen molar-refractivity contribution in [2.75, 3.05) is 24.6 Å². The zero-order valence-electron chi connectivity index (χ0n) is 12.7. The van der Waals surface area contributed by atoms with E-state index in [9.17, 15) is 0 Å². The lowest BCUT2D eigenvalue weighted by Gasteiger charge is -2.27. The van der Waals surface area contributed by atoms with Gasteiger partial charge in [0.2, 0.25) is 0 Å². The van der Waals surface area contributed by atoms with Gasteiger partial charge < -0.3 is 15.0 Å². The van der Waals surface area contributed by atoms with E-state index in [2.05, 4.69) is 37.1 Å². The van der Waals surface area contributed by atoms with E-state index in [1.165, 1.54) is 11.3 Å². The number of hydrogen-bond acceptors (Lipinski definition) is 3. The van der Waals surface area contributed by atoms with E-state index in [1.54, 1.807) is 0 Å². The maximum atomic E-state index is 6.41. The molecule has 1 saturated heterocycles. The monoisotopic (exact) mass is 296 g/mol. The Bertz CT molecular complexity index is 436. The summed E-state index contributed by atoms with van der Waals surface area (Å²) in [5.74, 6) is 0. The third-order valence-corrected chi connectivity index (χ3v) is 3.93. The summed E-state index contributed by atoms with van der Waals surface area (Å²) in [6.45, 7) is 10.0. The minimum Gasteiger partial charge on any atom is -0.377 e. The molecule has 112 valence electrons. The van der Waals surface area contributed by atoms with Crippen LogP contribution in [-0.4, -0.2) is 31.8 Å². The molecule has 3 nitrogen and oxygen atoms in total. The van der Waals surface area contributed by atoms with E-state index in [0.29, 0.717) is 6.04 Å². The number of ether oxygens (including phenoxy) is 1. The molecule has 1 aromatic carbocycles. The van der Waals surface area contributed by atoms with Crippen LogP contribution in [0.4, 0.5) is 5.69 Å². The summed E-state index contributed by atoms with van der Waals surface area (Å²) in [6, 6.07) is 6.62. The number of benzene rings is 1. The number of rotatable bonds is 4. The van der Waals surface area contributed by atoms with Crippen molar-refractivity contribution in [3.63, 3.8) is 0 Å². The number of hydrogen-bond donors (Lipinski definition) is 1. The van der Waals surface area contributed by atoms with E-state index < -0.39 is 0 Å².